The van der Waals surface area contributed by atoms with E-state index in [4.69, 9.17) is 5.73 Å². The van der Waals surface area contributed by atoms with E-state index in [1.807, 2.05) is 0 Å². The molecule has 0 spiro atoms. The summed E-state index contributed by atoms with van der Waals surface area (Å²) in [7, 11) is 0. The molecule has 1 aliphatic heterocycles. The van der Waals surface area contributed by atoms with Crippen LogP contribution >= 0.6 is 11.3 Å². The fourth-order valence-electron chi connectivity index (χ4n) is 2.96. The van der Waals surface area contributed by atoms with Gasteiger partial charge >= 0.3 is 0 Å². The van der Waals surface area contributed by atoms with E-state index >= 15 is 0 Å². The van der Waals surface area contributed by atoms with Crippen molar-refractivity contribution < 1.29 is 0 Å². The first-order valence-corrected chi connectivity index (χ1v) is 8.18. The molecule has 2 heterocycles. The number of rotatable bonds is 4. The van der Waals surface area contributed by atoms with Gasteiger partial charge in [0.25, 0.3) is 0 Å². The van der Waals surface area contributed by atoms with E-state index in [1.165, 1.54) is 37.9 Å². The molecule has 2 nitrogen and oxygen atoms in total. The van der Waals surface area contributed by atoms with Gasteiger partial charge in [-0.3, -0.25) is 4.90 Å². The van der Waals surface area contributed by atoms with Crippen molar-refractivity contribution >= 4 is 11.3 Å². The summed E-state index contributed by atoms with van der Waals surface area (Å²) in [6.45, 7) is 6.99. The lowest BCUT2D eigenvalue weighted by molar-refractivity contribution is 0.174. The molecule has 1 saturated heterocycles. The topological polar surface area (TPSA) is 29.3 Å². The lowest BCUT2D eigenvalue weighted by Crippen LogP contribution is -2.41. The van der Waals surface area contributed by atoms with E-state index in [2.05, 4.69) is 35.6 Å². The summed E-state index contributed by atoms with van der Waals surface area (Å²) >= 11 is 1.78. The smallest absolute Gasteiger partial charge is 0.0507 e. The molecule has 2 N–H and O–H groups in total. The highest BCUT2D eigenvalue weighted by Crippen LogP contribution is 2.30. The number of likely N-dealkylation sites (tertiary alicyclic amines) is 1. The second kappa shape index (κ2) is 6.69. The van der Waals surface area contributed by atoms with Crippen LogP contribution < -0.4 is 5.73 Å². The van der Waals surface area contributed by atoms with Crippen LogP contribution in [0.4, 0.5) is 0 Å². The Hall–Kier alpha value is -0.380. The Morgan fingerprint density at radius 2 is 2.28 bits per heavy atom. The molecule has 1 aromatic rings. The Bertz CT molecular complexity index is 336. The van der Waals surface area contributed by atoms with Gasteiger partial charge in [-0.25, -0.2) is 0 Å². The normalized spacial score (nSPS) is 25.6. The molecular weight excluding hydrogens is 240 g/mol. The third-order valence-electron chi connectivity index (χ3n) is 4.21. The predicted octanol–water partition coefficient (Wildman–Crippen LogP) is 3.65. The summed E-state index contributed by atoms with van der Waals surface area (Å²) in [6.07, 6.45) is 5.05. The molecule has 0 aromatic carbocycles. The van der Waals surface area contributed by atoms with Crippen molar-refractivity contribution in [2.45, 2.75) is 51.6 Å². The van der Waals surface area contributed by atoms with Gasteiger partial charge in [0.2, 0.25) is 0 Å². The van der Waals surface area contributed by atoms with Gasteiger partial charge in [0.1, 0.15) is 0 Å². The molecule has 1 fully saturated rings. The zero-order chi connectivity index (χ0) is 13.0. The van der Waals surface area contributed by atoms with Crippen molar-refractivity contribution in [3.05, 3.63) is 22.4 Å². The second-order valence-corrected chi connectivity index (χ2v) is 6.43. The predicted molar refractivity (Wildman–Crippen MR) is 79.9 cm³/mol. The summed E-state index contributed by atoms with van der Waals surface area (Å²) in [5, 5.41) is 4.44. The van der Waals surface area contributed by atoms with Gasteiger partial charge in [0, 0.05) is 6.04 Å². The van der Waals surface area contributed by atoms with Crippen LogP contribution in [0.3, 0.4) is 0 Å². The van der Waals surface area contributed by atoms with Gasteiger partial charge < -0.3 is 5.73 Å². The highest BCUT2D eigenvalue weighted by atomic mass is 32.1. The SMILES string of the molecule is CCC(N)C(c1ccsc1)N1CCCC(C)CC1. The second-order valence-electron chi connectivity index (χ2n) is 5.65. The molecule has 3 heteroatoms. The number of hydrogen-bond donors (Lipinski definition) is 1. The van der Waals surface area contributed by atoms with Crippen LogP contribution in [-0.4, -0.2) is 24.0 Å². The van der Waals surface area contributed by atoms with E-state index in [0.717, 1.165) is 12.3 Å². The van der Waals surface area contributed by atoms with Crippen LogP contribution in [0.25, 0.3) is 0 Å². The van der Waals surface area contributed by atoms with Crippen LogP contribution in [0.5, 0.6) is 0 Å². The zero-order valence-electron chi connectivity index (χ0n) is 11.6. The van der Waals surface area contributed by atoms with Crippen molar-refractivity contribution in [3.8, 4) is 0 Å². The Morgan fingerprint density at radius 3 is 2.94 bits per heavy atom. The lowest BCUT2D eigenvalue weighted by atomic mass is 9.98. The Balaban J connectivity index is 2.13. The van der Waals surface area contributed by atoms with Gasteiger partial charge in [-0.1, -0.05) is 13.8 Å². The van der Waals surface area contributed by atoms with E-state index in [-0.39, 0.29) is 6.04 Å². The molecule has 0 amide bonds. The first-order chi connectivity index (χ1) is 8.72. The molecule has 0 radical (unpaired) electrons. The highest BCUT2D eigenvalue weighted by molar-refractivity contribution is 7.07. The number of nitrogens with zero attached hydrogens (tertiary/aromatic N) is 1. The van der Waals surface area contributed by atoms with Gasteiger partial charge in [0.15, 0.2) is 0 Å². The lowest BCUT2D eigenvalue weighted by Gasteiger charge is -2.34. The number of thiophene rings is 1. The summed E-state index contributed by atoms with van der Waals surface area (Å²) in [6, 6.07) is 2.93. The van der Waals surface area contributed by atoms with Gasteiger partial charge in [-0.05, 0) is 67.1 Å². The molecule has 3 atom stereocenters. The summed E-state index contributed by atoms with van der Waals surface area (Å²) in [5.41, 5.74) is 7.81. The van der Waals surface area contributed by atoms with Gasteiger partial charge in [0.05, 0.1) is 6.04 Å². The molecule has 18 heavy (non-hydrogen) atoms. The Morgan fingerprint density at radius 1 is 1.44 bits per heavy atom. The minimum atomic E-state index is 0.257. The van der Waals surface area contributed by atoms with E-state index in [0.29, 0.717) is 6.04 Å². The molecule has 1 aliphatic rings. The minimum absolute atomic E-state index is 0.257. The monoisotopic (exact) mass is 266 g/mol. The standard InChI is InChI=1S/C15H26N2S/c1-3-14(16)15(13-7-10-18-11-13)17-8-4-5-12(2)6-9-17/h7,10-12,14-15H,3-6,8-9,16H2,1-2H3. The maximum Gasteiger partial charge on any atom is 0.0507 e. The van der Waals surface area contributed by atoms with Crippen molar-refractivity contribution in [3.63, 3.8) is 0 Å². The fraction of sp³-hybridized carbons (Fsp3) is 0.733. The fourth-order valence-corrected chi connectivity index (χ4v) is 3.65. The minimum Gasteiger partial charge on any atom is -0.326 e. The molecule has 0 saturated carbocycles. The molecule has 102 valence electrons. The summed E-state index contributed by atoms with van der Waals surface area (Å²) in [5.74, 6) is 0.871. The van der Waals surface area contributed by atoms with Gasteiger partial charge in [-0.2, -0.15) is 11.3 Å². The number of nitrogens with two attached hydrogens (primary N) is 1. The Labute approximate surface area is 115 Å². The van der Waals surface area contributed by atoms with Crippen molar-refractivity contribution in [2.75, 3.05) is 13.1 Å². The molecular formula is C15H26N2S. The molecule has 1 aromatic heterocycles. The molecule has 2 rings (SSSR count). The third kappa shape index (κ3) is 3.34. The van der Waals surface area contributed by atoms with Crippen LogP contribution in [0.2, 0.25) is 0 Å². The molecule has 0 bridgehead atoms. The highest BCUT2D eigenvalue weighted by Gasteiger charge is 2.27. The first-order valence-electron chi connectivity index (χ1n) is 7.24. The summed E-state index contributed by atoms with van der Waals surface area (Å²) < 4.78 is 0. The molecule has 0 aliphatic carbocycles. The van der Waals surface area contributed by atoms with Crippen molar-refractivity contribution in [1.82, 2.24) is 4.90 Å². The van der Waals surface area contributed by atoms with Gasteiger partial charge in [-0.15, -0.1) is 0 Å². The third-order valence-corrected chi connectivity index (χ3v) is 4.91. The van der Waals surface area contributed by atoms with E-state index in [9.17, 15) is 0 Å². The largest absolute Gasteiger partial charge is 0.326 e. The average molecular weight is 266 g/mol. The Kier molecular flexibility index (Phi) is 5.22. The maximum absolute atomic E-state index is 6.39. The van der Waals surface area contributed by atoms with Crippen LogP contribution in [-0.2, 0) is 0 Å². The van der Waals surface area contributed by atoms with Crippen molar-refractivity contribution in [2.24, 2.45) is 11.7 Å². The van der Waals surface area contributed by atoms with Crippen LogP contribution in [0, 0.1) is 5.92 Å². The average Bonchev–Trinajstić information content (AvgIpc) is 2.80. The van der Waals surface area contributed by atoms with Crippen LogP contribution in [0.1, 0.15) is 51.1 Å². The molecule has 3 unspecified atom stereocenters. The van der Waals surface area contributed by atoms with Crippen LogP contribution in [0.15, 0.2) is 16.8 Å². The first kappa shape index (κ1) is 14.0. The maximum atomic E-state index is 6.39. The number of hydrogen-bond acceptors (Lipinski definition) is 3. The van der Waals surface area contributed by atoms with Crippen molar-refractivity contribution in [1.29, 1.82) is 0 Å². The quantitative estimate of drug-likeness (QED) is 0.901. The summed E-state index contributed by atoms with van der Waals surface area (Å²) in [4.78, 5) is 2.62. The van der Waals surface area contributed by atoms with E-state index < -0.39 is 0 Å². The van der Waals surface area contributed by atoms with E-state index in [1.54, 1.807) is 11.3 Å². The zero-order valence-corrected chi connectivity index (χ0v) is 12.5.